The highest BCUT2D eigenvalue weighted by Gasteiger charge is 2.39. The molecule has 5 nitrogen and oxygen atoms in total. The van der Waals surface area contributed by atoms with Crippen LogP contribution in [0.3, 0.4) is 0 Å². The number of amidine groups is 1. The van der Waals surface area contributed by atoms with E-state index in [4.69, 9.17) is 15.7 Å². The van der Waals surface area contributed by atoms with Crippen LogP contribution in [0.4, 0.5) is 0 Å². The molecule has 110 valence electrons. The lowest BCUT2D eigenvalue weighted by molar-refractivity contribution is 0.318. The van der Waals surface area contributed by atoms with E-state index in [1.165, 1.54) is 19.3 Å². The molecule has 0 radical (unpaired) electrons. The Morgan fingerprint density at radius 3 is 2.80 bits per heavy atom. The van der Waals surface area contributed by atoms with Crippen molar-refractivity contribution in [3.63, 3.8) is 0 Å². The number of nitrogens with zero attached hydrogens (tertiary/aromatic N) is 1. The third-order valence-corrected chi connectivity index (χ3v) is 4.18. The lowest BCUT2D eigenvalue weighted by Gasteiger charge is -2.14. The molecule has 20 heavy (non-hydrogen) atoms. The van der Waals surface area contributed by atoms with Gasteiger partial charge in [0.2, 0.25) is 0 Å². The summed E-state index contributed by atoms with van der Waals surface area (Å²) in [5.41, 5.74) is 7.91. The minimum absolute atomic E-state index is 0.0657. The van der Waals surface area contributed by atoms with E-state index >= 15 is 0 Å². The Hall–Kier alpha value is -1.75. The topological polar surface area (TPSA) is 79.9 Å². The smallest absolute Gasteiger partial charge is 0.173 e. The first-order valence-electron chi connectivity index (χ1n) is 6.99. The lowest BCUT2D eigenvalue weighted by atomic mass is 10.0. The molecule has 0 aliphatic heterocycles. The molecule has 2 rings (SSSR count). The molecule has 4 N–H and O–H groups in total. The van der Waals surface area contributed by atoms with Gasteiger partial charge in [-0.25, -0.2) is 0 Å². The van der Waals surface area contributed by atoms with Crippen molar-refractivity contribution in [2.45, 2.75) is 32.7 Å². The molecule has 0 bridgehead atoms. The molecule has 1 aromatic carbocycles. The van der Waals surface area contributed by atoms with Crippen molar-refractivity contribution >= 4 is 5.84 Å². The molecule has 0 saturated heterocycles. The maximum absolute atomic E-state index is 8.81. The molecule has 0 spiro atoms. The van der Waals surface area contributed by atoms with E-state index < -0.39 is 0 Å². The summed E-state index contributed by atoms with van der Waals surface area (Å²) in [5, 5.41) is 15.4. The number of hydrogen-bond donors (Lipinski definition) is 3. The molecule has 0 amide bonds. The number of rotatable bonds is 7. The molecule has 5 heteroatoms. The summed E-state index contributed by atoms with van der Waals surface area (Å²) in [7, 11) is 1.57. The SMILES string of the molecule is CCC1(CNCc2ccc(OC)c(/C(N)=N/O)c2)CC1. The summed E-state index contributed by atoms with van der Waals surface area (Å²) in [6.07, 6.45) is 3.89. The molecule has 1 saturated carbocycles. The summed E-state index contributed by atoms with van der Waals surface area (Å²) < 4.78 is 5.22. The largest absolute Gasteiger partial charge is 0.496 e. The standard InChI is InChI=1S/C15H23N3O2/c1-3-15(6-7-15)10-17-9-11-4-5-13(20-2)12(8-11)14(16)18-19/h4-5,8,17,19H,3,6-7,9-10H2,1-2H3,(H2,16,18). The second-order valence-electron chi connectivity index (χ2n) is 5.48. The molecule has 0 atom stereocenters. The van der Waals surface area contributed by atoms with Gasteiger partial charge in [-0.05, 0) is 42.4 Å². The van der Waals surface area contributed by atoms with Crippen LogP contribution in [-0.4, -0.2) is 24.7 Å². The quantitative estimate of drug-likeness (QED) is 0.308. The number of methoxy groups -OCH3 is 1. The van der Waals surface area contributed by atoms with Gasteiger partial charge in [-0.15, -0.1) is 0 Å². The van der Waals surface area contributed by atoms with Gasteiger partial charge in [0.1, 0.15) is 5.75 Å². The summed E-state index contributed by atoms with van der Waals surface area (Å²) in [5.74, 6) is 0.673. The summed E-state index contributed by atoms with van der Waals surface area (Å²) in [6, 6.07) is 5.73. The monoisotopic (exact) mass is 277 g/mol. The molecule has 1 aromatic rings. The molecular formula is C15H23N3O2. The number of oxime groups is 1. The fourth-order valence-electron chi connectivity index (χ4n) is 2.42. The van der Waals surface area contributed by atoms with Gasteiger partial charge >= 0.3 is 0 Å². The van der Waals surface area contributed by atoms with Crippen LogP contribution in [-0.2, 0) is 6.54 Å². The van der Waals surface area contributed by atoms with Crippen LogP contribution >= 0.6 is 0 Å². The first-order valence-corrected chi connectivity index (χ1v) is 6.99. The number of ether oxygens (including phenoxy) is 1. The zero-order valence-corrected chi connectivity index (χ0v) is 12.1. The molecule has 1 fully saturated rings. The number of hydrogen-bond acceptors (Lipinski definition) is 4. The third-order valence-electron chi connectivity index (χ3n) is 4.18. The second kappa shape index (κ2) is 6.13. The highest BCUT2D eigenvalue weighted by Crippen LogP contribution is 2.47. The molecule has 1 aliphatic carbocycles. The minimum atomic E-state index is 0.0657. The van der Waals surface area contributed by atoms with Gasteiger partial charge in [0.05, 0.1) is 12.7 Å². The van der Waals surface area contributed by atoms with Crippen molar-refractivity contribution in [3.8, 4) is 5.75 Å². The lowest BCUT2D eigenvalue weighted by Crippen LogP contribution is -2.23. The third kappa shape index (κ3) is 3.22. The van der Waals surface area contributed by atoms with E-state index in [9.17, 15) is 0 Å². The average Bonchev–Trinajstić information content (AvgIpc) is 3.27. The van der Waals surface area contributed by atoms with Gasteiger partial charge in [0.15, 0.2) is 5.84 Å². The van der Waals surface area contributed by atoms with E-state index in [-0.39, 0.29) is 5.84 Å². The van der Waals surface area contributed by atoms with Gasteiger partial charge in [-0.3, -0.25) is 0 Å². The van der Waals surface area contributed by atoms with Crippen molar-refractivity contribution in [2.24, 2.45) is 16.3 Å². The normalized spacial score (nSPS) is 17.0. The minimum Gasteiger partial charge on any atom is -0.496 e. The first-order chi connectivity index (χ1) is 9.64. The zero-order valence-electron chi connectivity index (χ0n) is 12.1. The summed E-state index contributed by atoms with van der Waals surface area (Å²) in [4.78, 5) is 0. The van der Waals surface area contributed by atoms with E-state index in [0.29, 0.717) is 16.7 Å². The Morgan fingerprint density at radius 2 is 2.25 bits per heavy atom. The average molecular weight is 277 g/mol. The Kier molecular flexibility index (Phi) is 4.49. The predicted molar refractivity (Wildman–Crippen MR) is 79.2 cm³/mol. The maximum atomic E-state index is 8.81. The fourth-order valence-corrected chi connectivity index (χ4v) is 2.42. The predicted octanol–water partition coefficient (Wildman–Crippen LogP) is 2.07. The molecular weight excluding hydrogens is 254 g/mol. The number of nitrogens with two attached hydrogens (primary N) is 1. The van der Waals surface area contributed by atoms with Crippen molar-refractivity contribution in [3.05, 3.63) is 29.3 Å². The van der Waals surface area contributed by atoms with Crippen molar-refractivity contribution in [2.75, 3.05) is 13.7 Å². The van der Waals surface area contributed by atoms with Crippen LogP contribution in [0.25, 0.3) is 0 Å². The van der Waals surface area contributed by atoms with Crippen molar-refractivity contribution in [1.82, 2.24) is 5.32 Å². The number of benzene rings is 1. The van der Waals surface area contributed by atoms with Crippen LogP contribution in [0.1, 0.15) is 37.3 Å². The van der Waals surface area contributed by atoms with Gasteiger partial charge in [-0.1, -0.05) is 18.1 Å². The second-order valence-corrected chi connectivity index (χ2v) is 5.48. The Bertz CT molecular complexity index is 496. The van der Waals surface area contributed by atoms with Crippen LogP contribution in [0.2, 0.25) is 0 Å². The Balaban J connectivity index is 2.01. The fraction of sp³-hybridized carbons (Fsp3) is 0.533. The molecule has 0 heterocycles. The van der Waals surface area contributed by atoms with Gasteiger partial charge < -0.3 is 21.0 Å². The van der Waals surface area contributed by atoms with Crippen molar-refractivity contribution < 1.29 is 9.94 Å². The van der Waals surface area contributed by atoms with Gasteiger partial charge in [0.25, 0.3) is 0 Å². The van der Waals surface area contributed by atoms with E-state index in [0.717, 1.165) is 18.7 Å². The van der Waals surface area contributed by atoms with Gasteiger partial charge in [-0.2, -0.15) is 0 Å². The number of nitrogens with one attached hydrogen (secondary N) is 1. The molecule has 0 aromatic heterocycles. The van der Waals surface area contributed by atoms with Crippen LogP contribution in [0.5, 0.6) is 5.75 Å². The Labute approximate surface area is 119 Å². The van der Waals surface area contributed by atoms with E-state index in [1.807, 2.05) is 18.2 Å². The molecule has 0 unspecified atom stereocenters. The van der Waals surface area contributed by atoms with E-state index in [1.54, 1.807) is 7.11 Å². The van der Waals surface area contributed by atoms with Crippen molar-refractivity contribution in [1.29, 1.82) is 0 Å². The maximum Gasteiger partial charge on any atom is 0.173 e. The van der Waals surface area contributed by atoms with Crippen LogP contribution < -0.4 is 15.8 Å². The van der Waals surface area contributed by atoms with Crippen LogP contribution in [0, 0.1) is 5.41 Å². The Morgan fingerprint density at radius 1 is 1.50 bits per heavy atom. The molecule has 1 aliphatic rings. The van der Waals surface area contributed by atoms with Crippen LogP contribution in [0.15, 0.2) is 23.4 Å². The highest BCUT2D eigenvalue weighted by atomic mass is 16.5. The van der Waals surface area contributed by atoms with E-state index in [2.05, 4.69) is 17.4 Å². The highest BCUT2D eigenvalue weighted by molar-refractivity contribution is 5.99. The van der Waals surface area contributed by atoms with Gasteiger partial charge in [0, 0.05) is 13.1 Å². The zero-order chi connectivity index (χ0) is 14.6. The first kappa shape index (κ1) is 14.7. The summed E-state index contributed by atoms with van der Waals surface area (Å²) in [6.45, 7) is 4.07. The summed E-state index contributed by atoms with van der Waals surface area (Å²) >= 11 is 0.